The normalized spacial score (nSPS) is 25.5. The number of phosphoric acid groups is 2. The molecule has 16 heteroatoms. The molecule has 0 bridgehead atoms. The summed E-state index contributed by atoms with van der Waals surface area (Å²) >= 11 is 0. The second-order valence-corrected chi connectivity index (χ2v) is 9.63. The van der Waals surface area contributed by atoms with Gasteiger partial charge < -0.3 is 29.6 Å². The van der Waals surface area contributed by atoms with Crippen LogP contribution in [-0.4, -0.2) is 58.9 Å². The summed E-state index contributed by atoms with van der Waals surface area (Å²) < 4.78 is 37.4. The molecule has 1 aliphatic heterocycles. The van der Waals surface area contributed by atoms with E-state index in [1.807, 2.05) is 0 Å². The van der Waals surface area contributed by atoms with E-state index >= 15 is 0 Å². The van der Waals surface area contributed by atoms with Gasteiger partial charge in [-0.2, -0.15) is 4.31 Å². The van der Waals surface area contributed by atoms with Crippen LogP contribution in [0.4, 0.5) is 0 Å². The Labute approximate surface area is 179 Å². The van der Waals surface area contributed by atoms with Crippen molar-refractivity contribution in [3.63, 3.8) is 0 Å². The third kappa shape index (κ3) is 5.88. The number of rotatable bonds is 8. The molecule has 3 rings (SSSR count). The van der Waals surface area contributed by atoms with E-state index in [0.717, 1.165) is 21.4 Å². The smallest absolute Gasteiger partial charge is 0.387 e. The van der Waals surface area contributed by atoms with Crippen LogP contribution in [0.1, 0.15) is 11.8 Å². The second-order valence-electron chi connectivity index (χ2n) is 6.80. The molecule has 2 heterocycles. The van der Waals surface area contributed by atoms with Gasteiger partial charge in [0.1, 0.15) is 18.3 Å². The number of phosphoric ester groups is 1. The Morgan fingerprint density at radius 2 is 1.66 bits per heavy atom. The van der Waals surface area contributed by atoms with Crippen LogP contribution in [0.25, 0.3) is 0 Å². The Bertz CT molecular complexity index is 1160. The molecule has 5 atom stereocenters. The minimum atomic E-state index is -5.35. The van der Waals surface area contributed by atoms with Crippen molar-refractivity contribution >= 4 is 15.6 Å². The zero-order valence-electron chi connectivity index (χ0n) is 16.1. The SMILES string of the molecule is O=c1ccn([C@@H]2O[C@H](COP(=O)(O)OP(=O)(O)O)[C@H](O)C2O)c(=O)n1Cc1ccccc1. The minimum Gasteiger partial charge on any atom is -0.387 e. The maximum atomic E-state index is 12.8. The Balaban J connectivity index is 1.79. The molecule has 1 aromatic heterocycles. The summed E-state index contributed by atoms with van der Waals surface area (Å²) in [6.07, 6.45) is -5.32. The maximum Gasteiger partial charge on any atom is 0.481 e. The van der Waals surface area contributed by atoms with Gasteiger partial charge in [-0.05, 0) is 5.56 Å². The maximum absolute atomic E-state index is 12.8. The van der Waals surface area contributed by atoms with E-state index in [-0.39, 0.29) is 6.54 Å². The van der Waals surface area contributed by atoms with Crippen molar-refractivity contribution in [3.8, 4) is 0 Å². The highest BCUT2D eigenvalue weighted by Gasteiger charge is 2.45. The predicted octanol–water partition coefficient (Wildman–Crippen LogP) is -1.10. The minimum absolute atomic E-state index is 0.0648. The van der Waals surface area contributed by atoms with Crippen molar-refractivity contribution in [1.82, 2.24) is 9.13 Å². The summed E-state index contributed by atoms with van der Waals surface area (Å²) in [4.78, 5) is 51.6. The molecule has 1 saturated heterocycles. The molecule has 14 nitrogen and oxygen atoms in total. The molecule has 32 heavy (non-hydrogen) atoms. The van der Waals surface area contributed by atoms with Crippen molar-refractivity contribution in [3.05, 3.63) is 69.0 Å². The summed E-state index contributed by atoms with van der Waals surface area (Å²) in [5.74, 6) is 0. The summed E-state index contributed by atoms with van der Waals surface area (Å²) in [6, 6.07) is 9.68. The van der Waals surface area contributed by atoms with Crippen LogP contribution in [0, 0.1) is 0 Å². The number of benzene rings is 1. The number of hydrogen-bond donors (Lipinski definition) is 5. The molecule has 0 radical (unpaired) electrons. The van der Waals surface area contributed by atoms with Gasteiger partial charge in [0.25, 0.3) is 5.56 Å². The average Bonchev–Trinajstić information content (AvgIpc) is 2.97. The summed E-state index contributed by atoms with van der Waals surface area (Å²) in [5.41, 5.74) is -0.803. The first-order valence-electron chi connectivity index (χ1n) is 9.00. The number of nitrogens with zero attached hydrogens (tertiary/aromatic N) is 2. The van der Waals surface area contributed by atoms with E-state index in [9.17, 15) is 33.8 Å². The van der Waals surface area contributed by atoms with Gasteiger partial charge in [-0.25, -0.2) is 13.9 Å². The number of aliphatic hydroxyl groups is 2. The Morgan fingerprint density at radius 3 is 2.28 bits per heavy atom. The van der Waals surface area contributed by atoms with Crippen molar-refractivity contribution in [2.45, 2.75) is 31.1 Å². The molecule has 0 spiro atoms. The Hall–Kier alpha value is -1.96. The fraction of sp³-hybridized carbons (Fsp3) is 0.375. The summed E-state index contributed by atoms with van der Waals surface area (Å²) in [7, 11) is -10.6. The lowest BCUT2D eigenvalue weighted by molar-refractivity contribution is -0.0547. The molecule has 0 aliphatic carbocycles. The van der Waals surface area contributed by atoms with Gasteiger partial charge >= 0.3 is 21.3 Å². The van der Waals surface area contributed by atoms with Crippen LogP contribution >= 0.6 is 15.6 Å². The molecule has 0 amide bonds. The number of aromatic nitrogens is 2. The van der Waals surface area contributed by atoms with Crippen LogP contribution < -0.4 is 11.2 Å². The fourth-order valence-corrected chi connectivity index (χ4v) is 4.66. The van der Waals surface area contributed by atoms with Gasteiger partial charge in [-0.1, -0.05) is 30.3 Å². The number of hydrogen-bond acceptors (Lipinski definition) is 9. The largest absolute Gasteiger partial charge is 0.481 e. The first-order valence-corrected chi connectivity index (χ1v) is 12.0. The zero-order chi connectivity index (χ0) is 23.7. The van der Waals surface area contributed by atoms with Crippen molar-refractivity contribution < 1.29 is 47.6 Å². The monoisotopic (exact) mass is 494 g/mol. The van der Waals surface area contributed by atoms with Crippen LogP contribution in [0.5, 0.6) is 0 Å². The number of aliphatic hydroxyl groups excluding tert-OH is 2. The highest BCUT2D eigenvalue weighted by Crippen LogP contribution is 2.57. The lowest BCUT2D eigenvalue weighted by Crippen LogP contribution is -2.43. The van der Waals surface area contributed by atoms with Crippen LogP contribution in [0.3, 0.4) is 0 Å². The number of ether oxygens (including phenoxy) is 1. The molecule has 1 fully saturated rings. The highest BCUT2D eigenvalue weighted by molar-refractivity contribution is 7.60. The van der Waals surface area contributed by atoms with E-state index in [4.69, 9.17) is 14.5 Å². The Morgan fingerprint density at radius 1 is 1.00 bits per heavy atom. The second kappa shape index (κ2) is 9.49. The third-order valence-electron chi connectivity index (χ3n) is 4.50. The first kappa shape index (κ1) is 24.7. The van der Waals surface area contributed by atoms with E-state index < -0.39 is 58.0 Å². The lowest BCUT2D eigenvalue weighted by atomic mass is 10.1. The van der Waals surface area contributed by atoms with Crippen LogP contribution in [0.2, 0.25) is 0 Å². The van der Waals surface area contributed by atoms with E-state index in [2.05, 4.69) is 8.83 Å². The van der Waals surface area contributed by atoms with Crippen molar-refractivity contribution in [1.29, 1.82) is 0 Å². The van der Waals surface area contributed by atoms with Crippen molar-refractivity contribution in [2.75, 3.05) is 6.61 Å². The van der Waals surface area contributed by atoms with Gasteiger partial charge in [-0.15, -0.1) is 0 Å². The summed E-state index contributed by atoms with van der Waals surface area (Å²) in [5, 5.41) is 20.5. The standard InChI is InChI=1S/C16H20N2O12P2/c19-12-6-7-17(16(22)18(12)8-10-4-2-1-3-5-10)15-14(21)13(20)11(29-15)9-28-32(26,27)30-31(23,24)25/h1-7,11,13-15,20-21H,8-9H2,(H,26,27)(H2,23,24,25)/t11-,13+,14?,15-/m1/s1. The first-order chi connectivity index (χ1) is 14.9. The molecule has 2 unspecified atom stereocenters. The van der Waals surface area contributed by atoms with Crippen molar-refractivity contribution in [2.24, 2.45) is 0 Å². The average molecular weight is 494 g/mol. The highest BCUT2D eigenvalue weighted by atomic mass is 31.3. The van der Waals surface area contributed by atoms with Gasteiger partial charge in [0.15, 0.2) is 6.23 Å². The van der Waals surface area contributed by atoms with Gasteiger partial charge in [-0.3, -0.25) is 18.5 Å². The lowest BCUT2D eigenvalue weighted by Gasteiger charge is -2.19. The molecule has 5 N–H and O–H groups in total. The molecular weight excluding hydrogens is 474 g/mol. The zero-order valence-corrected chi connectivity index (χ0v) is 17.9. The van der Waals surface area contributed by atoms with Gasteiger partial charge in [0.2, 0.25) is 0 Å². The van der Waals surface area contributed by atoms with Gasteiger partial charge in [0.05, 0.1) is 13.2 Å². The molecule has 1 aromatic carbocycles. The molecule has 2 aromatic rings. The summed E-state index contributed by atoms with van der Waals surface area (Å²) in [6.45, 7) is -0.981. The Kier molecular flexibility index (Phi) is 7.32. The molecule has 0 saturated carbocycles. The molecular formula is C16H20N2O12P2. The topological polar surface area (TPSA) is 207 Å². The quantitative estimate of drug-likeness (QED) is 0.277. The van der Waals surface area contributed by atoms with Crippen LogP contribution in [0.15, 0.2) is 52.2 Å². The molecule has 1 aliphatic rings. The van der Waals surface area contributed by atoms with Crippen LogP contribution in [-0.2, 0) is 29.2 Å². The predicted molar refractivity (Wildman–Crippen MR) is 105 cm³/mol. The van der Waals surface area contributed by atoms with E-state index in [1.165, 1.54) is 0 Å². The van der Waals surface area contributed by atoms with E-state index in [0.29, 0.717) is 5.56 Å². The van der Waals surface area contributed by atoms with Gasteiger partial charge in [0, 0.05) is 12.3 Å². The third-order valence-corrected chi connectivity index (χ3v) is 6.65. The molecule has 176 valence electrons. The fourth-order valence-electron chi connectivity index (χ4n) is 3.06. The van der Waals surface area contributed by atoms with E-state index in [1.54, 1.807) is 30.3 Å².